The Bertz CT molecular complexity index is 901. The number of nitrogens with zero attached hydrogens (tertiary/aromatic N) is 1. The molecule has 1 saturated heterocycles. The predicted molar refractivity (Wildman–Crippen MR) is 113 cm³/mol. The van der Waals surface area contributed by atoms with Crippen LogP contribution in [0.25, 0.3) is 0 Å². The van der Waals surface area contributed by atoms with Gasteiger partial charge in [-0.05, 0) is 32.4 Å². The summed E-state index contributed by atoms with van der Waals surface area (Å²) in [6.45, 7) is 5.32. The number of thioether (sulfide) groups is 1. The predicted octanol–water partition coefficient (Wildman–Crippen LogP) is 4.62. The molecule has 0 unspecified atom stereocenters. The van der Waals surface area contributed by atoms with Crippen molar-refractivity contribution in [2.75, 3.05) is 25.4 Å². The van der Waals surface area contributed by atoms with Gasteiger partial charge in [-0.15, -0.1) is 0 Å². The van der Waals surface area contributed by atoms with E-state index in [0.717, 1.165) is 35.5 Å². The number of rotatable bonds is 4. The number of ether oxygens (including phenoxy) is 2. The van der Waals surface area contributed by atoms with Crippen LogP contribution in [0.5, 0.6) is 11.5 Å². The van der Waals surface area contributed by atoms with Crippen LogP contribution in [0.1, 0.15) is 36.6 Å². The lowest BCUT2D eigenvalue weighted by Crippen LogP contribution is -2.36. The summed E-state index contributed by atoms with van der Waals surface area (Å²) in [5, 5.41) is 0.0722. The number of para-hydroxylation sites is 1. The van der Waals surface area contributed by atoms with Crippen LogP contribution in [0.15, 0.2) is 42.5 Å². The third-order valence-electron chi connectivity index (χ3n) is 5.35. The van der Waals surface area contributed by atoms with Crippen LogP contribution in [-0.4, -0.2) is 41.9 Å². The van der Waals surface area contributed by atoms with Crippen LogP contribution >= 0.6 is 11.8 Å². The highest BCUT2D eigenvalue weighted by atomic mass is 32.2. The Morgan fingerprint density at radius 3 is 2.90 bits per heavy atom. The zero-order chi connectivity index (χ0) is 20.4. The van der Waals surface area contributed by atoms with Crippen molar-refractivity contribution in [3.63, 3.8) is 0 Å². The number of fused-ring (bicyclic) bond motifs is 1. The van der Waals surface area contributed by atoms with Crippen molar-refractivity contribution in [3.05, 3.63) is 59.4 Å². The van der Waals surface area contributed by atoms with Crippen molar-refractivity contribution in [3.8, 4) is 11.5 Å². The van der Waals surface area contributed by atoms with Gasteiger partial charge in [-0.1, -0.05) is 30.3 Å². The topological polar surface area (TPSA) is 38.8 Å². The Hall–Kier alpha value is -2.21. The van der Waals surface area contributed by atoms with E-state index < -0.39 is 0 Å². The lowest BCUT2D eigenvalue weighted by molar-refractivity contribution is -0.133. The van der Waals surface area contributed by atoms with E-state index in [1.54, 1.807) is 17.8 Å². The molecule has 2 aliphatic rings. The maximum absolute atomic E-state index is 14.1. The first-order chi connectivity index (χ1) is 13.9. The maximum Gasteiger partial charge on any atom is 0.260 e. The number of hydrogen-bond donors (Lipinski definition) is 0. The molecule has 0 bridgehead atoms. The van der Waals surface area contributed by atoms with Gasteiger partial charge in [0, 0.05) is 41.6 Å². The molecule has 1 fully saturated rings. The van der Waals surface area contributed by atoms with Gasteiger partial charge < -0.3 is 14.4 Å². The van der Waals surface area contributed by atoms with Crippen molar-refractivity contribution in [1.29, 1.82) is 0 Å². The fourth-order valence-electron chi connectivity index (χ4n) is 3.94. The monoisotopic (exact) mass is 415 g/mol. The number of hydrogen-bond acceptors (Lipinski definition) is 4. The minimum absolute atomic E-state index is 0.0186. The van der Waals surface area contributed by atoms with E-state index in [1.807, 2.05) is 49.1 Å². The third-order valence-corrected chi connectivity index (χ3v) is 6.66. The largest absolute Gasteiger partial charge is 0.483 e. The van der Waals surface area contributed by atoms with Gasteiger partial charge >= 0.3 is 0 Å². The standard InChI is InChI=1S/C23H26FNO3S/c1-23(2)14-16-6-5-9-19(22(16)28-23)27-15-21(26)25-11-10-20(29-13-12-25)17-7-3-4-8-18(17)24/h3-9,20H,10-15H2,1-2H3/t20-/m1/s1. The van der Waals surface area contributed by atoms with Gasteiger partial charge in [0.1, 0.15) is 11.4 Å². The average Bonchev–Trinajstić information content (AvgIpc) is 2.86. The Morgan fingerprint density at radius 1 is 1.24 bits per heavy atom. The van der Waals surface area contributed by atoms with Crippen LogP contribution in [0.4, 0.5) is 4.39 Å². The summed E-state index contributed by atoms with van der Waals surface area (Å²) >= 11 is 1.71. The molecular weight excluding hydrogens is 389 g/mol. The molecule has 154 valence electrons. The zero-order valence-electron chi connectivity index (χ0n) is 16.8. The van der Waals surface area contributed by atoms with E-state index in [2.05, 4.69) is 0 Å². The minimum Gasteiger partial charge on any atom is -0.483 e. The molecule has 2 aromatic carbocycles. The smallest absolute Gasteiger partial charge is 0.260 e. The number of carbonyl (C=O) groups excluding carboxylic acids is 1. The Kier molecular flexibility index (Phi) is 5.72. The fourth-order valence-corrected chi connectivity index (χ4v) is 5.19. The van der Waals surface area contributed by atoms with Crippen LogP contribution in [0, 0.1) is 5.82 Å². The number of halogens is 1. The van der Waals surface area contributed by atoms with Crippen LogP contribution < -0.4 is 9.47 Å². The van der Waals surface area contributed by atoms with Crippen LogP contribution in [-0.2, 0) is 11.2 Å². The average molecular weight is 416 g/mol. The summed E-state index contributed by atoms with van der Waals surface area (Å²) in [4.78, 5) is 14.6. The van der Waals surface area contributed by atoms with E-state index in [4.69, 9.17) is 9.47 Å². The van der Waals surface area contributed by atoms with E-state index in [-0.39, 0.29) is 29.2 Å². The first-order valence-corrected chi connectivity index (χ1v) is 11.1. The molecule has 4 rings (SSSR count). The first-order valence-electron chi connectivity index (χ1n) is 10.0. The normalized spacial score (nSPS) is 20.5. The molecule has 0 N–H and O–H groups in total. The van der Waals surface area contributed by atoms with Gasteiger partial charge in [0.2, 0.25) is 0 Å². The summed E-state index contributed by atoms with van der Waals surface area (Å²) in [5.74, 6) is 1.93. The molecular formula is C23H26FNO3S. The lowest BCUT2D eigenvalue weighted by atomic mass is 10.0. The summed E-state index contributed by atoms with van der Waals surface area (Å²) < 4.78 is 26.0. The Labute approximate surface area is 175 Å². The lowest BCUT2D eigenvalue weighted by Gasteiger charge is -2.21. The van der Waals surface area contributed by atoms with Gasteiger partial charge in [-0.2, -0.15) is 11.8 Å². The summed E-state index contributed by atoms with van der Waals surface area (Å²) in [6, 6.07) is 12.7. The number of carbonyl (C=O) groups is 1. The molecule has 2 aromatic rings. The molecule has 0 saturated carbocycles. The van der Waals surface area contributed by atoms with Crippen LogP contribution in [0.3, 0.4) is 0 Å². The molecule has 2 aliphatic heterocycles. The molecule has 0 spiro atoms. The Balaban J connectivity index is 1.36. The van der Waals surface area contributed by atoms with Gasteiger partial charge in [0.15, 0.2) is 18.1 Å². The van der Waals surface area contributed by atoms with Crippen molar-refractivity contribution in [2.45, 2.75) is 37.5 Å². The van der Waals surface area contributed by atoms with E-state index in [0.29, 0.717) is 18.8 Å². The van der Waals surface area contributed by atoms with Gasteiger partial charge in [0.05, 0.1) is 0 Å². The minimum atomic E-state index is -0.254. The second-order valence-electron chi connectivity index (χ2n) is 8.12. The molecule has 2 heterocycles. The Morgan fingerprint density at radius 2 is 2.07 bits per heavy atom. The zero-order valence-corrected chi connectivity index (χ0v) is 17.6. The molecule has 4 nitrogen and oxygen atoms in total. The van der Waals surface area contributed by atoms with Gasteiger partial charge in [-0.25, -0.2) is 4.39 Å². The fraction of sp³-hybridized carbons (Fsp3) is 0.435. The van der Waals surface area contributed by atoms with E-state index >= 15 is 0 Å². The summed E-state index contributed by atoms with van der Waals surface area (Å²) in [5.41, 5.74) is 1.58. The second kappa shape index (κ2) is 8.27. The SMILES string of the molecule is CC1(C)Cc2cccc(OCC(=O)N3CCS[C@@H](c4ccccc4F)CC3)c2O1. The molecule has 29 heavy (non-hydrogen) atoms. The third kappa shape index (κ3) is 4.53. The highest BCUT2D eigenvalue weighted by molar-refractivity contribution is 7.99. The molecule has 0 radical (unpaired) electrons. The summed E-state index contributed by atoms with van der Waals surface area (Å²) in [6.07, 6.45) is 1.56. The van der Waals surface area contributed by atoms with Crippen molar-refractivity contribution < 1.29 is 18.7 Å². The van der Waals surface area contributed by atoms with Crippen molar-refractivity contribution in [2.24, 2.45) is 0 Å². The molecule has 6 heteroatoms. The molecule has 1 atom stereocenters. The summed E-state index contributed by atoms with van der Waals surface area (Å²) in [7, 11) is 0. The van der Waals surface area contributed by atoms with Gasteiger partial charge in [0.25, 0.3) is 5.91 Å². The molecule has 0 aliphatic carbocycles. The van der Waals surface area contributed by atoms with Crippen molar-refractivity contribution >= 4 is 17.7 Å². The maximum atomic E-state index is 14.1. The van der Waals surface area contributed by atoms with E-state index in [1.165, 1.54) is 6.07 Å². The number of amides is 1. The van der Waals surface area contributed by atoms with Crippen LogP contribution in [0.2, 0.25) is 0 Å². The molecule has 0 aromatic heterocycles. The number of benzene rings is 2. The second-order valence-corrected chi connectivity index (χ2v) is 9.43. The highest BCUT2D eigenvalue weighted by Crippen LogP contribution is 2.41. The van der Waals surface area contributed by atoms with E-state index in [9.17, 15) is 9.18 Å². The van der Waals surface area contributed by atoms with Crippen molar-refractivity contribution in [1.82, 2.24) is 4.90 Å². The first kappa shape index (κ1) is 20.1. The molecule has 1 amide bonds. The quantitative estimate of drug-likeness (QED) is 0.730. The van der Waals surface area contributed by atoms with Gasteiger partial charge in [-0.3, -0.25) is 4.79 Å². The highest BCUT2D eigenvalue weighted by Gasteiger charge is 2.32.